The van der Waals surface area contributed by atoms with Crippen LogP contribution in [0.25, 0.3) is 0 Å². The van der Waals surface area contributed by atoms with Crippen LogP contribution in [0.3, 0.4) is 0 Å². The number of anilines is 1. The molecule has 94 valence electrons. The number of carbonyl (C=O) groups is 1. The lowest BCUT2D eigenvalue weighted by Crippen LogP contribution is -2.21. The first-order chi connectivity index (χ1) is 7.80. The molecular weight excluding hydrogens is 216 g/mol. The van der Waals surface area contributed by atoms with Gasteiger partial charge in [0.05, 0.1) is 6.54 Å². The molecular formula is C12H20N4O. The minimum Gasteiger partial charge on any atom is -0.322 e. The van der Waals surface area contributed by atoms with E-state index in [1.165, 1.54) is 0 Å². The molecule has 0 spiro atoms. The molecule has 0 aromatic carbocycles. The van der Waals surface area contributed by atoms with Crippen LogP contribution in [0, 0.1) is 10.8 Å². The zero-order valence-electron chi connectivity index (χ0n) is 10.8. The molecule has 0 unspecified atom stereocenters. The smallest absolute Gasteiger partial charge is 0.239 e. The van der Waals surface area contributed by atoms with Gasteiger partial charge in [-0.25, -0.2) is 0 Å². The van der Waals surface area contributed by atoms with Gasteiger partial charge < -0.3 is 11.1 Å². The van der Waals surface area contributed by atoms with Crippen LogP contribution in [0.1, 0.15) is 39.3 Å². The number of nitrogens with two attached hydrogens (primary N) is 1. The van der Waals surface area contributed by atoms with Crippen molar-refractivity contribution in [2.24, 2.45) is 16.6 Å². The Morgan fingerprint density at radius 1 is 1.47 bits per heavy atom. The summed E-state index contributed by atoms with van der Waals surface area (Å²) in [6.07, 6.45) is 0. The number of nitrogens with zero attached hydrogens (tertiary/aromatic N) is 1. The van der Waals surface area contributed by atoms with Crippen molar-refractivity contribution in [2.45, 2.75) is 33.6 Å². The van der Waals surface area contributed by atoms with Crippen molar-refractivity contribution in [2.75, 3.05) is 11.9 Å². The number of rotatable bonds is 3. The molecule has 4 N–H and O–H groups in total. The molecule has 5 heteroatoms. The highest BCUT2D eigenvalue weighted by Gasteiger charge is 2.65. The second-order valence-electron chi connectivity index (χ2n) is 5.84. The molecule has 1 aromatic rings. The van der Waals surface area contributed by atoms with Crippen molar-refractivity contribution in [3.05, 3.63) is 11.8 Å². The van der Waals surface area contributed by atoms with E-state index in [2.05, 4.69) is 43.2 Å². The molecule has 0 atom stereocenters. The van der Waals surface area contributed by atoms with E-state index in [1.54, 1.807) is 0 Å². The van der Waals surface area contributed by atoms with E-state index in [-0.39, 0.29) is 23.3 Å². The van der Waals surface area contributed by atoms with Crippen LogP contribution >= 0.6 is 0 Å². The Kier molecular flexibility index (Phi) is 2.54. The molecule has 1 saturated carbocycles. The number of H-pyrrole nitrogens is 1. The van der Waals surface area contributed by atoms with Crippen LogP contribution < -0.4 is 11.1 Å². The van der Waals surface area contributed by atoms with Gasteiger partial charge in [-0.05, 0) is 10.8 Å². The maximum atomic E-state index is 11.1. The van der Waals surface area contributed by atoms with Crippen molar-refractivity contribution in [3.8, 4) is 0 Å². The van der Waals surface area contributed by atoms with Gasteiger partial charge in [-0.1, -0.05) is 27.7 Å². The van der Waals surface area contributed by atoms with Crippen LogP contribution in [0.2, 0.25) is 0 Å². The average Bonchev–Trinajstić information content (AvgIpc) is 2.57. The van der Waals surface area contributed by atoms with Crippen molar-refractivity contribution in [1.29, 1.82) is 0 Å². The number of aromatic nitrogens is 2. The number of carbonyl (C=O) groups excluding carboxylic acids is 1. The molecule has 1 aromatic heterocycles. The van der Waals surface area contributed by atoms with Crippen molar-refractivity contribution in [3.63, 3.8) is 0 Å². The van der Waals surface area contributed by atoms with Crippen LogP contribution in [-0.4, -0.2) is 22.6 Å². The number of amides is 1. The summed E-state index contributed by atoms with van der Waals surface area (Å²) in [7, 11) is 0. The maximum absolute atomic E-state index is 11.1. The Hall–Kier alpha value is -1.36. The highest BCUT2D eigenvalue weighted by atomic mass is 16.1. The first-order valence-electron chi connectivity index (χ1n) is 5.86. The topological polar surface area (TPSA) is 83.8 Å². The SMILES string of the molecule is CC1(C)C(c2cc(NC(=O)CN)n[nH]2)C1(C)C. The van der Waals surface area contributed by atoms with E-state index in [4.69, 9.17) is 5.73 Å². The lowest BCUT2D eigenvalue weighted by atomic mass is 10.0. The second-order valence-corrected chi connectivity index (χ2v) is 5.84. The first-order valence-corrected chi connectivity index (χ1v) is 5.86. The van der Waals surface area contributed by atoms with Crippen molar-refractivity contribution >= 4 is 11.7 Å². The number of aromatic amines is 1. The maximum Gasteiger partial charge on any atom is 0.239 e. The van der Waals surface area contributed by atoms with Gasteiger partial charge in [0.15, 0.2) is 5.82 Å². The van der Waals surface area contributed by atoms with Gasteiger partial charge in [-0.3, -0.25) is 9.89 Å². The van der Waals surface area contributed by atoms with Gasteiger partial charge in [-0.15, -0.1) is 0 Å². The zero-order chi connectivity index (χ0) is 12.8. The average molecular weight is 236 g/mol. The quantitative estimate of drug-likeness (QED) is 0.742. The summed E-state index contributed by atoms with van der Waals surface area (Å²) in [5.41, 5.74) is 6.83. The largest absolute Gasteiger partial charge is 0.322 e. The molecule has 0 aliphatic heterocycles. The Labute approximate surface area is 101 Å². The molecule has 1 heterocycles. The molecule has 1 aliphatic carbocycles. The highest BCUT2D eigenvalue weighted by molar-refractivity contribution is 5.91. The summed E-state index contributed by atoms with van der Waals surface area (Å²) < 4.78 is 0. The molecule has 1 amide bonds. The molecule has 0 radical (unpaired) electrons. The first kappa shape index (κ1) is 12.1. The summed E-state index contributed by atoms with van der Waals surface area (Å²) in [4.78, 5) is 11.1. The highest BCUT2D eigenvalue weighted by Crippen LogP contribution is 2.73. The Balaban J connectivity index is 2.13. The third-order valence-corrected chi connectivity index (χ3v) is 4.38. The standard InChI is InChI=1S/C12H20N4O/c1-11(2)10(12(11,3)4)7-5-8(16-15-7)14-9(17)6-13/h5,10H,6,13H2,1-4H3,(H2,14,15,16,17). The summed E-state index contributed by atoms with van der Waals surface area (Å²) in [5.74, 6) is 0.775. The Morgan fingerprint density at radius 2 is 2.06 bits per heavy atom. The van der Waals surface area contributed by atoms with E-state index < -0.39 is 0 Å². The van der Waals surface area contributed by atoms with Crippen LogP contribution in [0.15, 0.2) is 6.07 Å². The van der Waals surface area contributed by atoms with Crippen LogP contribution in [-0.2, 0) is 4.79 Å². The Morgan fingerprint density at radius 3 is 2.53 bits per heavy atom. The molecule has 1 fully saturated rings. The van der Waals surface area contributed by atoms with Crippen molar-refractivity contribution < 1.29 is 4.79 Å². The molecule has 1 aliphatic rings. The third kappa shape index (κ3) is 1.74. The van der Waals surface area contributed by atoms with Crippen LogP contribution in [0.4, 0.5) is 5.82 Å². The summed E-state index contributed by atoms with van der Waals surface area (Å²) in [6, 6.07) is 1.90. The molecule has 5 nitrogen and oxygen atoms in total. The third-order valence-electron chi connectivity index (χ3n) is 4.38. The monoisotopic (exact) mass is 236 g/mol. The van der Waals surface area contributed by atoms with Gasteiger partial charge in [0.25, 0.3) is 0 Å². The fourth-order valence-electron chi connectivity index (χ4n) is 2.72. The van der Waals surface area contributed by atoms with Crippen molar-refractivity contribution in [1.82, 2.24) is 10.2 Å². The molecule has 0 saturated heterocycles. The van der Waals surface area contributed by atoms with Crippen LogP contribution in [0.5, 0.6) is 0 Å². The lowest BCUT2D eigenvalue weighted by Gasteiger charge is -2.03. The van der Waals surface area contributed by atoms with Gasteiger partial charge in [0.1, 0.15) is 0 Å². The minimum atomic E-state index is -0.225. The molecule has 17 heavy (non-hydrogen) atoms. The second kappa shape index (κ2) is 3.57. The van der Waals surface area contributed by atoms with E-state index in [9.17, 15) is 4.79 Å². The van der Waals surface area contributed by atoms with E-state index in [0.717, 1.165) is 5.69 Å². The number of hydrogen-bond acceptors (Lipinski definition) is 3. The lowest BCUT2D eigenvalue weighted by molar-refractivity contribution is -0.114. The van der Waals surface area contributed by atoms with Gasteiger partial charge in [-0.2, -0.15) is 5.10 Å². The van der Waals surface area contributed by atoms with E-state index in [1.807, 2.05) is 6.07 Å². The summed E-state index contributed by atoms with van der Waals surface area (Å²) in [6.45, 7) is 8.96. The number of nitrogens with one attached hydrogen (secondary N) is 2. The van der Waals surface area contributed by atoms with E-state index in [0.29, 0.717) is 11.7 Å². The normalized spacial score (nSPS) is 21.2. The predicted octanol–water partition coefficient (Wildman–Crippen LogP) is 1.46. The Bertz CT molecular complexity index is 433. The fraction of sp³-hybridized carbons (Fsp3) is 0.667. The molecule has 2 rings (SSSR count). The zero-order valence-corrected chi connectivity index (χ0v) is 10.8. The van der Waals surface area contributed by atoms with Gasteiger partial charge >= 0.3 is 0 Å². The fourth-order valence-corrected chi connectivity index (χ4v) is 2.72. The molecule has 0 bridgehead atoms. The predicted molar refractivity (Wildman–Crippen MR) is 66.6 cm³/mol. The van der Waals surface area contributed by atoms with E-state index >= 15 is 0 Å². The minimum absolute atomic E-state index is 0.0252. The summed E-state index contributed by atoms with van der Waals surface area (Å²) >= 11 is 0. The summed E-state index contributed by atoms with van der Waals surface area (Å²) in [5, 5.41) is 9.73. The van der Waals surface area contributed by atoms with Gasteiger partial charge in [0, 0.05) is 17.7 Å². The van der Waals surface area contributed by atoms with Gasteiger partial charge in [0.2, 0.25) is 5.91 Å². The number of hydrogen-bond donors (Lipinski definition) is 3.